The van der Waals surface area contributed by atoms with Crippen LogP contribution in [-0.4, -0.2) is 11.7 Å². The van der Waals surface area contributed by atoms with Crippen LogP contribution in [0, 0.1) is 0 Å². The molecule has 1 aromatic carbocycles. The van der Waals surface area contributed by atoms with E-state index in [2.05, 4.69) is 22.1 Å². The monoisotopic (exact) mass is 330 g/mol. The largest absolute Gasteiger partial charge is 0.362 e. The van der Waals surface area contributed by atoms with Crippen molar-refractivity contribution in [2.45, 2.75) is 6.42 Å². The number of hydrogen-bond acceptors (Lipinski definition) is 2. The van der Waals surface area contributed by atoms with Crippen molar-refractivity contribution in [1.82, 2.24) is 5.32 Å². The molecule has 0 fully saturated rings. The first-order valence-corrected chi connectivity index (χ1v) is 7.72. The van der Waals surface area contributed by atoms with E-state index in [4.69, 9.17) is 35.4 Å². The van der Waals surface area contributed by atoms with Gasteiger partial charge in [0.1, 0.15) is 0 Å². The van der Waals surface area contributed by atoms with Gasteiger partial charge in [0.2, 0.25) is 0 Å². The Labute approximate surface area is 131 Å². The van der Waals surface area contributed by atoms with Gasteiger partial charge in [-0.15, -0.1) is 11.3 Å². The van der Waals surface area contributed by atoms with Crippen LogP contribution in [0.5, 0.6) is 0 Å². The lowest BCUT2D eigenvalue weighted by Crippen LogP contribution is -2.30. The van der Waals surface area contributed by atoms with Crippen molar-refractivity contribution in [3.8, 4) is 0 Å². The molecule has 2 nitrogen and oxygen atoms in total. The molecule has 0 aliphatic carbocycles. The van der Waals surface area contributed by atoms with Gasteiger partial charge < -0.3 is 10.6 Å². The molecule has 2 rings (SSSR count). The molecule has 0 aliphatic rings. The number of nitrogens with one attached hydrogen (secondary N) is 2. The maximum absolute atomic E-state index is 6.06. The fourth-order valence-electron chi connectivity index (χ4n) is 1.51. The highest BCUT2D eigenvalue weighted by Gasteiger charge is 2.03. The SMILES string of the molecule is S=C(NCCc1cccs1)Nc1ccc(Cl)cc1Cl. The van der Waals surface area contributed by atoms with E-state index in [1.807, 2.05) is 6.07 Å². The average Bonchev–Trinajstić information content (AvgIpc) is 2.86. The highest BCUT2D eigenvalue weighted by Crippen LogP contribution is 2.25. The summed E-state index contributed by atoms with van der Waals surface area (Å²) in [6.45, 7) is 0.789. The zero-order valence-corrected chi connectivity index (χ0v) is 13.1. The van der Waals surface area contributed by atoms with Gasteiger partial charge in [-0.3, -0.25) is 0 Å². The van der Waals surface area contributed by atoms with Gasteiger partial charge in [-0.1, -0.05) is 29.3 Å². The van der Waals surface area contributed by atoms with E-state index in [0.29, 0.717) is 15.2 Å². The van der Waals surface area contributed by atoms with Crippen molar-refractivity contribution >= 4 is 57.6 Å². The lowest BCUT2D eigenvalue weighted by atomic mass is 10.3. The maximum atomic E-state index is 6.06. The fourth-order valence-corrected chi connectivity index (χ4v) is 2.89. The first kappa shape index (κ1) is 14.6. The highest BCUT2D eigenvalue weighted by molar-refractivity contribution is 7.80. The average molecular weight is 331 g/mol. The van der Waals surface area contributed by atoms with Gasteiger partial charge >= 0.3 is 0 Å². The molecule has 6 heteroatoms. The van der Waals surface area contributed by atoms with Gasteiger partial charge in [0.25, 0.3) is 0 Å². The minimum Gasteiger partial charge on any atom is -0.362 e. The molecule has 19 heavy (non-hydrogen) atoms. The lowest BCUT2D eigenvalue weighted by Gasteiger charge is -2.11. The zero-order chi connectivity index (χ0) is 13.7. The molecule has 0 spiro atoms. The summed E-state index contributed by atoms with van der Waals surface area (Å²) in [7, 11) is 0. The number of hydrogen-bond donors (Lipinski definition) is 2. The van der Waals surface area contributed by atoms with Gasteiger partial charge in [0, 0.05) is 16.4 Å². The van der Waals surface area contributed by atoms with Crippen LogP contribution in [0.3, 0.4) is 0 Å². The second-order valence-electron chi connectivity index (χ2n) is 3.83. The van der Waals surface area contributed by atoms with Crippen molar-refractivity contribution in [3.63, 3.8) is 0 Å². The molecule has 0 bridgehead atoms. The quantitative estimate of drug-likeness (QED) is 0.802. The molecule has 0 saturated heterocycles. The molecule has 0 radical (unpaired) electrons. The van der Waals surface area contributed by atoms with Crippen LogP contribution in [0.25, 0.3) is 0 Å². The summed E-state index contributed by atoms with van der Waals surface area (Å²) in [5.74, 6) is 0. The molecule has 0 aliphatic heterocycles. The molecule has 0 atom stereocenters. The molecule has 0 amide bonds. The molecule has 2 N–H and O–H groups in total. The van der Waals surface area contributed by atoms with Crippen LogP contribution >= 0.6 is 46.8 Å². The van der Waals surface area contributed by atoms with E-state index >= 15 is 0 Å². The predicted molar refractivity (Wildman–Crippen MR) is 88.7 cm³/mol. The molecule has 0 unspecified atom stereocenters. The number of thiocarbonyl (C=S) groups is 1. The summed E-state index contributed by atoms with van der Waals surface area (Å²) in [6.07, 6.45) is 0.952. The van der Waals surface area contributed by atoms with Crippen molar-refractivity contribution in [3.05, 3.63) is 50.6 Å². The first-order chi connectivity index (χ1) is 9.15. The predicted octanol–water partition coefficient (Wildman–Crippen LogP) is 4.58. The van der Waals surface area contributed by atoms with Gasteiger partial charge in [-0.05, 0) is 48.3 Å². The third kappa shape index (κ3) is 4.66. The summed E-state index contributed by atoms with van der Waals surface area (Å²) < 4.78 is 0. The number of anilines is 1. The first-order valence-electron chi connectivity index (χ1n) is 5.67. The van der Waals surface area contributed by atoms with E-state index in [-0.39, 0.29) is 0 Å². The van der Waals surface area contributed by atoms with Crippen LogP contribution in [0.1, 0.15) is 4.88 Å². The summed E-state index contributed by atoms with van der Waals surface area (Å²) in [6, 6.07) is 9.41. The third-order valence-corrected chi connectivity index (χ3v) is 4.15. The van der Waals surface area contributed by atoms with Gasteiger partial charge in [-0.25, -0.2) is 0 Å². The second-order valence-corrected chi connectivity index (χ2v) is 6.12. The Hall–Kier alpha value is -0.810. The van der Waals surface area contributed by atoms with E-state index in [1.165, 1.54) is 4.88 Å². The van der Waals surface area contributed by atoms with Crippen molar-refractivity contribution in [2.24, 2.45) is 0 Å². The van der Waals surface area contributed by atoms with Gasteiger partial charge in [0.15, 0.2) is 5.11 Å². The Kier molecular flexibility index (Phi) is 5.45. The summed E-state index contributed by atoms with van der Waals surface area (Å²) in [4.78, 5) is 1.33. The molecule has 2 aromatic rings. The van der Waals surface area contributed by atoms with E-state index < -0.39 is 0 Å². The van der Waals surface area contributed by atoms with Gasteiger partial charge in [0.05, 0.1) is 10.7 Å². The lowest BCUT2D eigenvalue weighted by molar-refractivity contribution is 0.885. The Balaban J connectivity index is 1.80. The van der Waals surface area contributed by atoms with Crippen LogP contribution in [-0.2, 0) is 6.42 Å². The van der Waals surface area contributed by atoms with Crippen molar-refractivity contribution < 1.29 is 0 Å². The standard InChI is InChI=1S/C13H12Cl2N2S2/c14-9-3-4-12(11(15)8-9)17-13(18)16-6-5-10-2-1-7-19-10/h1-4,7-8H,5-6H2,(H2,16,17,18). The zero-order valence-electron chi connectivity index (χ0n) is 9.95. The Morgan fingerprint density at radius 1 is 1.26 bits per heavy atom. The van der Waals surface area contributed by atoms with Gasteiger partial charge in [-0.2, -0.15) is 0 Å². The summed E-state index contributed by atoms with van der Waals surface area (Å²) in [5, 5.41) is 9.98. The number of halogens is 2. The fraction of sp³-hybridized carbons (Fsp3) is 0.154. The summed E-state index contributed by atoms with van der Waals surface area (Å²) >= 11 is 18.8. The van der Waals surface area contributed by atoms with Crippen LogP contribution < -0.4 is 10.6 Å². The third-order valence-electron chi connectivity index (χ3n) is 2.42. The number of thiophene rings is 1. The summed E-state index contributed by atoms with van der Waals surface area (Å²) in [5.41, 5.74) is 0.750. The minimum atomic E-state index is 0.551. The Bertz CT molecular complexity index is 556. The second kappa shape index (κ2) is 7.10. The topological polar surface area (TPSA) is 24.1 Å². The molecule has 1 heterocycles. The van der Waals surface area contributed by atoms with E-state index in [0.717, 1.165) is 18.7 Å². The van der Waals surface area contributed by atoms with Crippen molar-refractivity contribution in [1.29, 1.82) is 0 Å². The molecule has 100 valence electrons. The number of benzene rings is 1. The molecular formula is C13H12Cl2N2S2. The van der Waals surface area contributed by atoms with E-state index in [1.54, 1.807) is 29.5 Å². The maximum Gasteiger partial charge on any atom is 0.170 e. The minimum absolute atomic E-state index is 0.551. The normalized spacial score (nSPS) is 10.2. The van der Waals surface area contributed by atoms with E-state index in [9.17, 15) is 0 Å². The highest BCUT2D eigenvalue weighted by atomic mass is 35.5. The van der Waals surface area contributed by atoms with Crippen LogP contribution in [0.2, 0.25) is 10.0 Å². The van der Waals surface area contributed by atoms with Crippen molar-refractivity contribution in [2.75, 3.05) is 11.9 Å². The Morgan fingerprint density at radius 3 is 2.79 bits per heavy atom. The van der Waals surface area contributed by atoms with Crippen LogP contribution in [0.15, 0.2) is 35.7 Å². The molecule has 0 saturated carbocycles. The molecular weight excluding hydrogens is 319 g/mol. The van der Waals surface area contributed by atoms with Crippen LogP contribution in [0.4, 0.5) is 5.69 Å². The molecule has 1 aromatic heterocycles. The smallest absolute Gasteiger partial charge is 0.170 e. The number of rotatable bonds is 4. The Morgan fingerprint density at radius 2 is 2.11 bits per heavy atom.